The van der Waals surface area contributed by atoms with Crippen molar-refractivity contribution in [3.63, 3.8) is 0 Å². The van der Waals surface area contributed by atoms with E-state index in [0.717, 1.165) is 32.1 Å². The minimum absolute atomic E-state index is 0.262. The van der Waals surface area contributed by atoms with E-state index in [9.17, 15) is 8.42 Å². The van der Waals surface area contributed by atoms with Crippen molar-refractivity contribution in [2.45, 2.75) is 46.4 Å². The molecule has 0 aliphatic rings. The summed E-state index contributed by atoms with van der Waals surface area (Å²) in [4.78, 5) is 1.88. The second-order valence-electron chi connectivity index (χ2n) is 6.55. The van der Waals surface area contributed by atoms with Gasteiger partial charge in [0.25, 0.3) is 10.0 Å². The summed E-state index contributed by atoms with van der Waals surface area (Å²) < 4.78 is 34.5. The van der Waals surface area contributed by atoms with Crippen LogP contribution < -0.4 is 4.72 Å². The molecule has 5 nitrogen and oxygen atoms in total. The lowest BCUT2D eigenvalue weighted by atomic mass is 10.1. The van der Waals surface area contributed by atoms with Crippen molar-refractivity contribution in [1.29, 1.82) is 0 Å². The van der Waals surface area contributed by atoms with Gasteiger partial charge in [-0.25, -0.2) is 8.42 Å². The Hall–Kier alpha value is -2.12. The predicted molar refractivity (Wildman–Crippen MR) is 105 cm³/mol. The highest BCUT2D eigenvalue weighted by Crippen LogP contribution is 2.41. The maximum atomic E-state index is 13.2. The molecule has 7 heteroatoms. The number of hydrogen-bond acceptors (Lipinski definition) is 5. The molecule has 0 aliphatic carbocycles. The highest BCUT2D eigenvalue weighted by molar-refractivity contribution is 7.93. The number of nitrogens with zero attached hydrogens (tertiary/aromatic N) is 1. The molecule has 3 rings (SSSR count). The molecule has 0 saturated carbocycles. The van der Waals surface area contributed by atoms with Gasteiger partial charge in [-0.15, -0.1) is 11.3 Å². The number of thiophene rings is 1. The molecule has 0 aliphatic heterocycles. The van der Waals surface area contributed by atoms with E-state index in [1.54, 1.807) is 6.07 Å². The van der Waals surface area contributed by atoms with Gasteiger partial charge in [-0.3, -0.25) is 4.72 Å². The van der Waals surface area contributed by atoms with Crippen LogP contribution in [0.15, 0.2) is 27.6 Å². The number of rotatable bonds is 4. The maximum Gasteiger partial charge on any atom is 0.263 e. The van der Waals surface area contributed by atoms with Gasteiger partial charge in [0.2, 0.25) is 0 Å². The van der Waals surface area contributed by atoms with Crippen LogP contribution in [0.2, 0.25) is 0 Å². The molecule has 26 heavy (non-hydrogen) atoms. The number of benzene rings is 1. The van der Waals surface area contributed by atoms with E-state index in [4.69, 9.17) is 4.52 Å². The number of sulfonamides is 1. The van der Waals surface area contributed by atoms with Gasteiger partial charge in [0.05, 0.1) is 11.3 Å². The Balaban J connectivity index is 2.13. The summed E-state index contributed by atoms with van der Waals surface area (Å²) >= 11 is 1.44. The fourth-order valence-electron chi connectivity index (χ4n) is 2.91. The molecule has 2 heterocycles. The fourth-order valence-corrected chi connectivity index (χ4v) is 5.81. The van der Waals surface area contributed by atoms with E-state index >= 15 is 0 Å². The van der Waals surface area contributed by atoms with E-state index in [-0.39, 0.29) is 4.90 Å². The quantitative estimate of drug-likeness (QED) is 0.676. The monoisotopic (exact) mass is 390 g/mol. The lowest BCUT2D eigenvalue weighted by Crippen LogP contribution is -2.14. The van der Waals surface area contributed by atoms with Gasteiger partial charge in [0, 0.05) is 21.0 Å². The van der Waals surface area contributed by atoms with Crippen molar-refractivity contribution < 1.29 is 12.9 Å². The topological polar surface area (TPSA) is 72.2 Å². The van der Waals surface area contributed by atoms with Crippen LogP contribution in [-0.2, 0) is 10.0 Å². The molecular weight excluding hydrogens is 368 g/mol. The summed E-state index contributed by atoms with van der Waals surface area (Å²) in [5.74, 6) is 0.518. The zero-order valence-corrected chi connectivity index (χ0v) is 17.4. The maximum absolute atomic E-state index is 13.2. The second-order valence-corrected chi connectivity index (χ2v) is 9.59. The van der Waals surface area contributed by atoms with Crippen molar-refractivity contribution in [2.75, 3.05) is 4.72 Å². The first-order chi connectivity index (χ1) is 12.1. The fraction of sp³-hybridized carbons (Fsp3) is 0.316. The third kappa shape index (κ3) is 3.17. The van der Waals surface area contributed by atoms with Gasteiger partial charge in [-0.1, -0.05) is 11.2 Å². The summed E-state index contributed by atoms with van der Waals surface area (Å²) in [5, 5.41) is 3.99. The van der Waals surface area contributed by atoms with Crippen molar-refractivity contribution in [3.8, 4) is 11.3 Å². The van der Waals surface area contributed by atoms with E-state index in [2.05, 4.69) is 9.88 Å². The first-order valence-corrected chi connectivity index (χ1v) is 10.5. The Labute approximate surface area is 158 Å². The molecule has 0 amide bonds. The number of hydrogen-bond donors (Lipinski definition) is 1. The number of aryl methyl sites for hydroxylation is 5. The van der Waals surface area contributed by atoms with Gasteiger partial charge < -0.3 is 4.52 Å². The molecule has 0 radical (unpaired) electrons. The van der Waals surface area contributed by atoms with Crippen molar-refractivity contribution >= 4 is 27.0 Å². The lowest BCUT2D eigenvalue weighted by molar-refractivity contribution is 0.426. The van der Waals surface area contributed by atoms with E-state index in [1.165, 1.54) is 11.3 Å². The number of aromatic nitrogens is 1. The Morgan fingerprint density at radius 2 is 1.69 bits per heavy atom. The number of anilines is 1. The van der Waals surface area contributed by atoms with Crippen molar-refractivity contribution in [3.05, 3.63) is 50.3 Å². The molecule has 0 atom stereocenters. The van der Waals surface area contributed by atoms with E-state index in [0.29, 0.717) is 17.0 Å². The highest BCUT2D eigenvalue weighted by Gasteiger charge is 2.29. The third-order valence-corrected chi connectivity index (χ3v) is 7.32. The lowest BCUT2D eigenvalue weighted by Gasteiger charge is -2.11. The minimum atomic E-state index is -3.77. The van der Waals surface area contributed by atoms with Crippen molar-refractivity contribution in [2.24, 2.45) is 0 Å². The smallest absolute Gasteiger partial charge is 0.263 e. The third-order valence-electron chi connectivity index (χ3n) is 4.62. The van der Waals surface area contributed by atoms with Crippen LogP contribution in [0.25, 0.3) is 11.3 Å². The summed E-state index contributed by atoms with van der Waals surface area (Å²) in [6.07, 6.45) is 0. The second kappa shape index (κ2) is 6.55. The minimum Gasteiger partial charge on any atom is -0.356 e. The average Bonchev–Trinajstić information content (AvgIpc) is 3.02. The Kier molecular flexibility index (Phi) is 4.71. The summed E-state index contributed by atoms with van der Waals surface area (Å²) in [6, 6.07) is 5.52. The number of nitrogens with one attached hydrogen (secondary N) is 1. The van der Waals surface area contributed by atoms with E-state index < -0.39 is 10.0 Å². The molecule has 2 aromatic heterocycles. The zero-order valence-electron chi connectivity index (χ0n) is 15.7. The molecule has 0 bridgehead atoms. The summed E-state index contributed by atoms with van der Waals surface area (Å²) in [6.45, 7) is 11.4. The highest BCUT2D eigenvalue weighted by atomic mass is 32.2. The van der Waals surface area contributed by atoms with Crippen LogP contribution in [0.4, 0.5) is 5.69 Å². The average molecular weight is 391 g/mol. The molecule has 0 spiro atoms. The summed E-state index contributed by atoms with van der Waals surface area (Å²) in [7, 11) is -3.77. The van der Waals surface area contributed by atoms with Crippen LogP contribution in [-0.4, -0.2) is 13.6 Å². The van der Waals surface area contributed by atoms with Gasteiger partial charge in [-0.2, -0.15) is 0 Å². The normalized spacial score (nSPS) is 11.8. The Bertz CT molecular complexity index is 1090. The molecule has 1 aromatic carbocycles. The van der Waals surface area contributed by atoms with Gasteiger partial charge >= 0.3 is 0 Å². The van der Waals surface area contributed by atoms with E-state index in [1.807, 2.05) is 53.7 Å². The molecule has 138 valence electrons. The Morgan fingerprint density at radius 1 is 1.00 bits per heavy atom. The van der Waals surface area contributed by atoms with Gasteiger partial charge in [0.15, 0.2) is 5.76 Å². The van der Waals surface area contributed by atoms with Crippen LogP contribution >= 0.6 is 11.3 Å². The van der Waals surface area contributed by atoms with Crippen LogP contribution in [0.5, 0.6) is 0 Å². The molecule has 0 fully saturated rings. The largest absolute Gasteiger partial charge is 0.356 e. The molecule has 1 N–H and O–H groups in total. The predicted octanol–water partition coefficient (Wildman–Crippen LogP) is 5.05. The summed E-state index contributed by atoms with van der Waals surface area (Å²) in [5.41, 5.74) is 4.91. The van der Waals surface area contributed by atoms with Crippen LogP contribution in [0.3, 0.4) is 0 Å². The Morgan fingerprint density at radius 3 is 2.27 bits per heavy atom. The first kappa shape index (κ1) is 18.7. The molecule has 3 aromatic rings. The van der Waals surface area contributed by atoms with Gasteiger partial charge in [-0.05, 0) is 64.8 Å². The van der Waals surface area contributed by atoms with Crippen LogP contribution in [0, 0.1) is 41.5 Å². The van der Waals surface area contributed by atoms with Gasteiger partial charge in [0.1, 0.15) is 4.90 Å². The molecule has 0 unspecified atom stereocenters. The van der Waals surface area contributed by atoms with Crippen molar-refractivity contribution in [1.82, 2.24) is 5.16 Å². The zero-order chi connectivity index (χ0) is 19.2. The van der Waals surface area contributed by atoms with Crippen LogP contribution in [0.1, 0.15) is 32.1 Å². The SMILES string of the molecule is Cc1ccc(NS(=O)(=O)c2c(C)sc(C)c2-c2onc(C)c2C)cc1C. The first-order valence-electron chi connectivity index (χ1n) is 8.25. The molecular formula is C19H22N2O3S2. The standard InChI is InChI=1S/C19H22N2O3S2/c1-10-7-8-16(9-11(10)2)21-26(22,23)19-15(6)25-14(5)17(19)18-12(3)13(4)20-24-18/h7-9,21H,1-6H3. The molecule has 0 saturated heterocycles.